The summed E-state index contributed by atoms with van der Waals surface area (Å²) in [4.78, 5) is 51.5. The molecule has 0 unspecified atom stereocenters. The summed E-state index contributed by atoms with van der Waals surface area (Å²) in [5.41, 5.74) is 1.32. The van der Waals surface area contributed by atoms with Gasteiger partial charge in [-0.2, -0.15) is 4.39 Å². The van der Waals surface area contributed by atoms with Crippen molar-refractivity contribution < 1.29 is 23.7 Å². The third-order valence-corrected chi connectivity index (χ3v) is 6.41. The number of nitrogens with zero attached hydrogens (tertiary/aromatic N) is 3. The second-order valence-corrected chi connectivity index (χ2v) is 8.75. The molecule has 0 spiro atoms. The minimum atomic E-state index is -0.971. The van der Waals surface area contributed by atoms with E-state index in [4.69, 9.17) is 0 Å². The third-order valence-electron chi connectivity index (χ3n) is 6.41. The van der Waals surface area contributed by atoms with E-state index in [9.17, 15) is 28.9 Å². The number of benzene rings is 2. The van der Waals surface area contributed by atoms with Crippen molar-refractivity contribution >= 4 is 34.8 Å². The lowest BCUT2D eigenvalue weighted by Gasteiger charge is -2.33. The number of nitrogens with one attached hydrogen (secondary N) is 1. The number of carbonyl (C=O) groups is 3. The molecular formula is C24H25FN4O5. The molecule has 2 aromatic rings. The van der Waals surface area contributed by atoms with Crippen LogP contribution < -0.4 is 10.2 Å². The molecule has 0 aromatic heterocycles. The number of nitro benzene ring substituents is 1. The number of halogens is 1. The first-order valence-electron chi connectivity index (χ1n) is 11.1. The summed E-state index contributed by atoms with van der Waals surface area (Å²) in [6.07, 6.45) is 1.03. The van der Waals surface area contributed by atoms with Crippen LogP contribution in [-0.2, 0) is 14.4 Å². The summed E-state index contributed by atoms with van der Waals surface area (Å²) in [6.45, 7) is 3.07. The summed E-state index contributed by atoms with van der Waals surface area (Å²) in [6, 6.07) is 10.8. The molecule has 34 heavy (non-hydrogen) atoms. The zero-order chi connectivity index (χ0) is 24.4. The molecule has 2 saturated heterocycles. The normalized spacial score (nSPS) is 18.8. The van der Waals surface area contributed by atoms with Crippen LogP contribution in [0, 0.1) is 34.7 Å². The van der Waals surface area contributed by atoms with Crippen molar-refractivity contribution in [2.75, 3.05) is 29.9 Å². The number of anilines is 2. The Morgan fingerprint density at radius 2 is 1.76 bits per heavy atom. The predicted octanol–water partition coefficient (Wildman–Crippen LogP) is 3.27. The quantitative estimate of drug-likeness (QED) is 0.535. The van der Waals surface area contributed by atoms with Gasteiger partial charge in [0.05, 0.1) is 10.8 Å². The minimum Gasteiger partial charge on any atom is -0.342 e. The van der Waals surface area contributed by atoms with Gasteiger partial charge < -0.3 is 15.1 Å². The van der Waals surface area contributed by atoms with Gasteiger partial charge in [-0.1, -0.05) is 17.7 Å². The van der Waals surface area contributed by atoms with Gasteiger partial charge in [-0.05, 0) is 44.0 Å². The molecule has 2 heterocycles. The van der Waals surface area contributed by atoms with Gasteiger partial charge in [0.25, 0.3) is 0 Å². The van der Waals surface area contributed by atoms with E-state index in [0.717, 1.165) is 23.4 Å². The van der Waals surface area contributed by atoms with Crippen molar-refractivity contribution in [2.24, 2.45) is 11.8 Å². The van der Waals surface area contributed by atoms with Crippen LogP contribution >= 0.6 is 0 Å². The number of aryl methyl sites for hydroxylation is 1. The molecule has 10 heteroatoms. The summed E-state index contributed by atoms with van der Waals surface area (Å²) in [5.74, 6) is -2.25. The fourth-order valence-electron chi connectivity index (χ4n) is 4.44. The van der Waals surface area contributed by atoms with E-state index in [2.05, 4.69) is 5.32 Å². The molecule has 3 amide bonds. The Kier molecular flexibility index (Phi) is 6.58. The number of likely N-dealkylation sites (tertiary alicyclic amines) is 1. The van der Waals surface area contributed by atoms with Gasteiger partial charge in [0, 0.05) is 49.4 Å². The summed E-state index contributed by atoms with van der Waals surface area (Å²) in [5, 5.41) is 13.5. The highest BCUT2D eigenvalue weighted by atomic mass is 19.1. The van der Waals surface area contributed by atoms with Gasteiger partial charge in [-0.15, -0.1) is 0 Å². The molecule has 0 aliphatic carbocycles. The molecule has 9 nitrogen and oxygen atoms in total. The van der Waals surface area contributed by atoms with Crippen LogP contribution in [0.25, 0.3) is 0 Å². The number of carbonyl (C=O) groups excluding carboxylic acids is 3. The van der Waals surface area contributed by atoms with Gasteiger partial charge in [-0.25, -0.2) is 0 Å². The molecule has 1 atom stereocenters. The van der Waals surface area contributed by atoms with Gasteiger partial charge in [0.15, 0.2) is 0 Å². The van der Waals surface area contributed by atoms with Crippen molar-refractivity contribution in [1.82, 2.24) is 4.90 Å². The van der Waals surface area contributed by atoms with Crippen LogP contribution in [0.1, 0.15) is 24.8 Å². The van der Waals surface area contributed by atoms with Gasteiger partial charge in [-0.3, -0.25) is 24.5 Å². The number of rotatable bonds is 5. The zero-order valence-corrected chi connectivity index (χ0v) is 18.7. The maximum Gasteiger partial charge on any atom is 0.306 e. The molecule has 0 bridgehead atoms. The van der Waals surface area contributed by atoms with Crippen LogP contribution in [0.4, 0.5) is 21.5 Å². The maximum atomic E-state index is 13.5. The van der Waals surface area contributed by atoms with Crippen molar-refractivity contribution in [3.63, 3.8) is 0 Å². The van der Waals surface area contributed by atoms with Crippen LogP contribution in [0.15, 0.2) is 42.5 Å². The molecule has 2 aliphatic rings. The fraction of sp³-hybridized carbons (Fsp3) is 0.375. The van der Waals surface area contributed by atoms with Crippen LogP contribution in [0.3, 0.4) is 0 Å². The van der Waals surface area contributed by atoms with Crippen molar-refractivity contribution in [3.8, 4) is 0 Å². The van der Waals surface area contributed by atoms with Gasteiger partial charge in [0.2, 0.25) is 23.5 Å². The SMILES string of the molecule is Cc1ccc(N2C[C@H](C(=O)N3CCC(C(=O)Nc4ccc(F)c([N+](=O)[O-])c4)CC3)CC2=O)cc1. The Hall–Kier alpha value is -3.82. The highest BCUT2D eigenvalue weighted by molar-refractivity contribution is 6.00. The minimum absolute atomic E-state index is 0.0788. The molecule has 4 rings (SSSR count). The molecule has 1 N–H and O–H groups in total. The zero-order valence-electron chi connectivity index (χ0n) is 18.7. The Morgan fingerprint density at radius 3 is 2.41 bits per heavy atom. The topological polar surface area (TPSA) is 113 Å². The molecular weight excluding hydrogens is 443 g/mol. The van der Waals surface area contributed by atoms with E-state index in [1.165, 1.54) is 6.07 Å². The largest absolute Gasteiger partial charge is 0.342 e. The average molecular weight is 468 g/mol. The smallest absolute Gasteiger partial charge is 0.306 e. The van der Waals surface area contributed by atoms with Gasteiger partial charge >= 0.3 is 5.69 Å². The number of nitro groups is 1. The van der Waals surface area contributed by atoms with E-state index in [1.807, 2.05) is 31.2 Å². The second-order valence-electron chi connectivity index (χ2n) is 8.75. The molecule has 178 valence electrons. The average Bonchev–Trinajstić information content (AvgIpc) is 3.21. The molecule has 2 aliphatic heterocycles. The lowest BCUT2D eigenvalue weighted by molar-refractivity contribution is -0.387. The molecule has 0 saturated carbocycles. The van der Waals surface area contributed by atoms with Crippen LogP contribution in [0.2, 0.25) is 0 Å². The Bertz CT molecular complexity index is 1130. The number of amides is 3. The Labute approximate surface area is 195 Å². The fourth-order valence-corrected chi connectivity index (χ4v) is 4.44. The first-order valence-corrected chi connectivity index (χ1v) is 11.1. The first-order chi connectivity index (χ1) is 16.2. The van der Waals surface area contributed by atoms with Gasteiger partial charge in [0.1, 0.15) is 0 Å². The van der Waals surface area contributed by atoms with Crippen molar-refractivity contribution in [2.45, 2.75) is 26.2 Å². The second kappa shape index (κ2) is 9.58. The van der Waals surface area contributed by atoms with Crippen LogP contribution in [-0.4, -0.2) is 47.2 Å². The van der Waals surface area contributed by atoms with Crippen LogP contribution in [0.5, 0.6) is 0 Å². The van der Waals surface area contributed by atoms with E-state index in [0.29, 0.717) is 32.5 Å². The standard InChI is InChI=1S/C24H25FN4O5/c1-15-2-5-19(6-3-15)28-14-17(12-22(28)30)24(32)27-10-8-16(9-11-27)23(31)26-18-4-7-20(25)21(13-18)29(33)34/h2-7,13,16-17H,8-12,14H2,1H3,(H,26,31)/t17-/m1/s1. The lowest BCUT2D eigenvalue weighted by atomic mass is 9.94. The highest BCUT2D eigenvalue weighted by Crippen LogP contribution is 2.29. The van der Waals surface area contributed by atoms with E-state index >= 15 is 0 Å². The van der Waals surface area contributed by atoms with E-state index < -0.39 is 22.3 Å². The number of hydrogen-bond acceptors (Lipinski definition) is 5. The maximum absolute atomic E-state index is 13.5. The molecule has 0 radical (unpaired) electrons. The number of piperidine rings is 1. The van der Waals surface area contributed by atoms with E-state index in [1.54, 1.807) is 9.80 Å². The Balaban J connectivity index is 1.31. The summed E-state index contributed by atoms with van der Waals surface area (Å²) < 4.78 is 13.5. The van der Waals surface area contributed by atoms with E-state index in [-0.39, 0.29) is 35.7 Å². The molecule has 2 aromatic carbocycles. The number of hydrogen-bond donors (Lipinski definition) is 1. The Morgan fingerprint density at radius 1 is 1.09 bits per heavy atom. The highest BCUT2D eigenvalue weighted by Gasteiger charge is 2.38. The predicted molar refractivity (Wildman–Crippen MR) is 123 cm³/mol. The van der Waals surface area contributed by atoms with Crippen molar-refractivity contribution in [3.05, 3.63) is 64.0 Å². The monoisotopic (exact) mass is 468 g/mol. The molecule has 2 fully saturated rings. The summed E-state index contributed by atoms with van der Waals surface area (Å²) in [7, 11) is 0. The lowest BCUT2D eigenvalue weighted by Crippen LogP contribution is -2.44. The van der Waals surface area contributed by atoms with Crippen molar-refractivity contribution in [1.29, 1.82) is 0 Å². The first kappa shape index (κ1) is 23.3. The summed E-state index contributed by atoms with van der Waals surface area (Å²) >= 11 is 0. The third kappa shape index (κ3) is 4.90.